The molecule has 1 fully saturated rings. The molecule has 5 rings (SSSR count). The maximum absolute atomic E-state index is 13.7. The summed E-state index contributed by atoms with van der Waals surface area (Å²) in [6.45, 7) is 3.37. The summed E-state index contributed by atoms with van der Waals surface area (Å²) in [5.74, 6) is 0.655. The van der Waals surface area contributed by atoms with Gasteiger partial charge in [0.2, 0.25) is 11.8 Å². The number of halogens is 1. The number of fused-ring (bicyclic) bond motifs is 2. The lowest BCUT2D eigenvalue weighted by Gasteiger charge is -2.36. The molecule has 2 aliphatic rings. The number of nitrogens with one attached hydrogen (secondary N) is 1. The normalized spacial score (nSPS) is 20.9. The summed E-state index contributed by atoms with van der Waals surface area (Å²) in [6, 6.07) is 8.90. The van der Waals surface area contributed by atoms with Crippen LogP contribution >= 0.6 is 11.6 Å². The molecule has 2 aliphatic heterocycles. The first-order chi connectivity index (χ1) is 19.3. The van der Waals surface area contributed by atoms with Crippen LogP contribution in [0, 0.1) is 6.92 Å². The molecule has 0 aliphatic carbocycles. The number of rotatable bonds is 3. The summed E-state index contributed by atoms with van der Waals surface area (Å²) >= 11 is 6.31. The van der Waals surface area contributed by atoms with Gasteiger partial charge in [-0.05, 0) is 44.6 Å². The predicted molar refractivity (Wildman–Crippen MR) is 148 cm³/mol. The van der Waals surface area contributed by atoms with Gasteiger partial charge in [-0.3, -0.25) is 19.1 Å². The van der Waals surface area contributed by atoms with Gasteiger partial charge in [-0.15, -0.1) is 0 Å². The first-order valence-corrected chi connectivity index (χ1v) is 14.2. The zero-order chi connectivity index (χ0) is 28.2. The molecule has 0 spiro atoms. The van der Waals surface area contributed by atoms with Gasteiger partial charge in [-0.2, -0.15) is 10.2 Å². The van der Waals surface area contributed by atoms with E-state index in [0.717, 1.165) is 18.4 Å². The van der Waals surface area contributed by atoms with E-state index >= 15 is 0 Å². The van der Waals surface area contributed by atoms with Crippen LogP contribution in [-0.2, 0) is 29.6 Å². The third-order valence-electron chi connectivity index (χ3n) is 7.52. The number of hydrogen-bond acceptors (Lipinski definition) is 6. The molecule has 0 radical (unpaired) electrons. The van der Waals surface area contributed by atoms with Crippen LogP contribution in [0.2, 0.25) is 5.02 Å². The van der Waals surface area contributed by atoms with Crippen molar-refractivity contribution in [3.63, 3.8) is 0 Å². The zero-order valence-corrected chi connectivity index (χ0v) is 23.7. The number of piperidine rings is 1. The fraction of sp³-hybridized carbons (Fsp3) is 0.500. The SMILES string of the molecule is Cc1nc2n(n1)CCN(C(=O)c1nn(C)cc1Cl)CCCC(=O)N1CCCC[C@H]1C(=O)N[C@@H]2Cc1ccccc1. The van der Waals surface area contributed by atoms with Gasteiger partial charge in [-0.1, -0.05) is 41.9 Å². The van der Waals surface area contributed by atoms with Crippen molar-refractivity contribution in [3.8, 4) is 0 Å². The Morgan fingerprint density at radius 3 is 2.60 bits per heavy atom. The second-order valence-corrected chi connectivity index (χ2v) is 10.9. The number of nitrogens with zero attached hydrogens (tertiary/aromatic N) is 7. The maximum atomic E-state index is 13.7. The molecule has 1 N–H and O–H groups in total. The second kappa shape index (κ2) is 12.2. The molecule has 2 aromatic heterocycles. The van der Waals surface area contributed by atoms with Crippen molar-refractivity contribution < 1.29 is 14.4 Å². The average Bonchev–Trinajstić information content (AvgIpc) is 3.49. The first kappa shape index (κ1) is 27.8. The summed E-state index contributed by atoms with van der Waals surface area (Å²) in [7, 11) is 1.71. The van der Waals surface area contributed by atoms with E-state index in [0.29, 0.717) is 57.1 Å². The van der Waals surface area contributed by atoms with Crippen molar-refractivity contribution in [1.29, 1.82) is 0 Å². The van der Waals surface area contributed by atoms with Crippen LogP contribution in [0.1, 0.15) is 65.8 Å². The average molecular weight is 567 g/mol. The van der Waals surface area contributed by atoms with Crippen LogP contribution < -0.4 is 5.32 Å². The second-order valence-electron chi connectivity index (χ2n) is 10.5. The van der Waals surface area contributed by atoms with Gasteiger partial charge < -0.3 is 15.1 Å². The molecule has 0 saturated carbocycles. The Balaban J connectivity index is 1.50. The van der Waals surface area contributed by atoms with Crippen molar-refractivity contribution in [2.75, 3.05) is 19.6 Å². The predicted octanol–water partition coefficient (Wildman–Crippen LogP) is 2.69. The fourth-order valence-electron chi connectivity index (χ4n) is 5.57. The van der Waals surface area contributed by atoms with Crippen molar-refractivity contribution in [3.05, 3.63) is 64.5 Å². The number of amides is 3. The van der Waals surface area contributed by atoms with Crippen LogP contribution in [0.5, 0.6) is 0 Å². The Bertz CT molecular complexity index is 1370. The molecular weight excluding hydrogens is 532 g/mol. The number of hydrogen-bond donors (Lipinski definition) is 1. The van der Waals surface area contributed by atoms with E-state index in [1.54, 1.807) is 27.7 Å². The minimum absolute atomic E-state index is 0.0706. The molecule has 4 heterocycles. The van der Waals surface area contributed by atoms with E-state index in [1.165, 1.54) is 4.68 Å². The minimum atomic E-state index is -0.537. The van der Waals surface area contributed by atoms with Crippen LogP contribution in [0.4, 0.5) is 0 Å². The number of aromatic nitrogens is 5. The molecule has 2 atom stereocenters. The Morgan fingerprint density at radius 1 is 1.05 bits per heavy atom. The number of benzene rings is 1. The van der Waals surface area contributed by atoms with Gasteiger partial charge in [0.15, 0.2) is 5.69 Å². The molecule has 1 aromatic carbocycles. The van der Waals surface area contributed by atoms with E-state index < -0.39 is 12.1 Å². The van der Waals surface area contributed by atoms with Gasteiger partial charge in [0.25, 0.3) is 5.91 Å². The van der Waals surface area contributed by atoms with E-state index in [1.807, 2.05) is 37.3 Å². The first-order valence-electron chi connectivity index (χ1n) is 13.8. The Kier molecular flexibility index (Phi) is 8.49. The standard InChI is InChI=1S/C28H35ClN8O3/c1-19-30-26-22(17-20-9-4-3-5-10-20)31-27(39)23-11-6-7-14-36(23)24(38)12-8-13-35(15-16-37(26)32-19)28(40)25-21(29)18-34(2)33-25/h3-5,9-10,18,22-23H,6-8,11-17H2,1-2H3,(H,31,39)/t22-,23+/m1/s1. The lowest BCUT2D eigenvalue weighted by Crippen LogP contribution is -2.53. The monoisotopic (exact) mass is 566 g/mol. The Morgan fingerprint density at radius 2 is 1.85 bits per heavy atom. The highest BCUT2D eigenvalue weighted by Crippen LogP contribution is 2.24. The van der Waals surface area contributed by atoms with E-state index in [4.69, 9.17) is 16.6 Å². The summed E-state index contributed by atoms with van der Waals surface area (Å²) in [5, 5.41) is 12.4. The number of carbonyl (C=O) groups excluding carboxylic acids is 3. The topological polar surface area (TPSA) is 118 Å². The van der Waals surface area contributed by atoms with Crippen molar-refractivity contribution >= 4 is 29.3 Å². The van der Waals surface area contributed by atoms with Crippen molar-refractivity contribution in [2.24, 2.45) is 7.05 Å². The Hall–Kier alpha value is -3.73. The fourth-order valence-corrected chi connectivity index (χ4v) is 5.83. The molecule has 0 bridgehead atoms. The summed E-state index contributed by atoms with van der Waals surface area (Å²) in [6.07, 6.45) is 5.16. The molecule has 3 amide bonds. The molecular formula is C28H35ClN8O3. The maximum Gasteiger partial charge on any atom is 0.275 e. The van der Waals surface area contributed by atoms with Crippen LogP contribution in [0.25, 0.3) is 0 Å². The molecule has 0 unspecified atom stereocenters. The third-order valence-corrected chi connectivity index (χ3v) is 7.79. The van der Waals surface area contributed by atoms with Crippen molar-refractivity contribution in [2.45, 2.75) is 64.1 Å². The minimum Gasteiger partial charge on any atom is -0.344 e. The van der Waals surface area contributed by atoms with Crippen LogP contribution in [0.3, 0.4) is 0 Å². The van der Waals surface area contributed by atoms with Gasteiger partial charge in [0.1, 0.15) is 17.7 Å². The highest BCUT2D eigenvalue weighted by atomic mass is 35.5. The summed E-state index contributed by atoms with van der Waals surface area (Å²) in [5.41, 5.74) is 1.22. The number of carbonyl (C=O) groups is 3. The molecule has 3 aromatic rings. The van der Waals surface area contributed by atoms with E-state index in [2.05, 4.69) is 15.5 Å². The summed E-state index contributed by atoms with van der Waals surface area (Å²) < 4.78 is 3.29. The number of aryl methyl sites for hydroxylation is 2. The van der Waals surface area contributed by atoms with Gasteiger partial charge in [0, 0.05) is 39.3 Å². The zero-order valence-electron chi connectivity index (χ0n) is 22.9. The largest absolute Gasteiger partial charge is 0.344 e. The molecule has 12 heteroatoms. The molecule has 11 nitrogen and oxygen atoms in total. The highest BCUT2D eigenvalue weighted by molar-refractivity contribution is 6.33. The van der Waals surface area contributed by atoms with Gasteiger partial charge >= 0.3 is 0 Å². The Labute approximate surface area is 238 Å². The van der Waals surface area contributed by atoms with E-state index in [-0.39, 0.29) is 34.9 Å². The molecule has 40 heavy (non-hydrogen) atoms. The third kappa shape index (κ3) is 6.19. The van der Waals surface area contributed by atoms with Crippen LogP contribution in [0.15, 0.2) is 36.5 Å². The lowest BCUT2D eigenvalue weighted by atomic mass is 9.99. The smallest absolute Gasteiger partial charge is 0.275 e. The highest BCUT2D eigenvalue weighted by Gasteiger charge is 2.34. The van der Waals surface area contributed by atoms with Gasteiger partial charge in [-0.25, -0.2) is 9.67 Å². The van der Waals surface area contributed by atoms with Crippen molar-refractivity contribution in [1.82, 2.24) is 39.7 Å². The van der Waals surface area contributed by atoms with Gasteiger partial charge in [0.05, 0.1) is 17.6 Å². The van der Waals surface area contributed by atoms with Crippen LogP contribution in [-0.4, -0.2) is 77.7 Å². The quantitative estimate of drug-likeness (QED) is 0.521. The lowest BCUT2D eigenvalue weighted by molar-refractivity contribution is -0.142. The molecule has 212 valence electrons. The molecule has 1 saturated heterocycles. The summed E-state index contributed by atoms with van der Waals surface area (Å²) in [4.78, 5) is 48.6. The van der Waals surface area contributed by atoms with E-state index in [9.17, 15) is 14.4 Å².